The average Bonchev–Trinajstić information content (AvgIpc) is 2.67. The first-order valence-electron chi connectivity index (χ1n) is 6.44. The van der Waals surface area contributed by atoms with Gasteiger partial charge in [0.2, 0.25) is 0 Å². The van der Waals surface area contributed by atoms with E-state index in [1.54, 1.807) is 0 Å². The number of amides is 1. The number of hydrogen-bond donors (Lipinski definition) is 1. The van der Waals surface area contributed by atoms with Gasteiger partial charge in [0.05, 0.1) is 0 Å². The molecule has 92 valence electrons. The van der Waals surface area contributed by atoms with E-state index in [0.717, 1.165) is 35.4 Å². The Morgan fingerprint density at radius 3 is 2.71 bits per heavy atom. The van der Waals surface area contributed by atoms with Crippen LogP contribution in [0.25, 0.3) is 0 Å². The lowest BCUT2D eigenvalue weighted by Gasteiger charge is -2.14. The summed E-state index contributed by atoms with van der Waals surface area (Å²) < 4.78 is 0. The Hall–Kier alpha value is -1.31. The van der Waals surface area contributed by atoms with E-state index >= 15 is 0 Å². The Balaban J connectivity index is 2.06. The number of nitrogens with one attached hydrogen (secondary N) is 1. The van der Waals surface area contributed by atoms with Gasteiger partial charge in [0, 0.05) is 11.6 Å². The molecule has 1 fully saturated rings. The number of hydrogen-bond acceptors (Lipinski definition) is 1. The maximum atomic E-state index is 12.2. The average molecular weight is 231 g/mol. The van der Waals surface area contributed by atoms with E-state index < -0.39 is 0 Å². The smallest absolute Gasteiger partial charge is 0.251 e. The van der Waals surface area contributed by atoms with Gasteiger partial charge in [-0.15, -0.1) is 0 Å². The molecule has 1 amide bonds. The molecule has 1 saturated carbocycles. The Bertz CT molecular complexity index is 425. The molecule has 2 atom stereocenters. The van der Waals surface area contributed by atoms with Gasteiger partial charge in [0.15, 0.2) is 0 Å². The molecule has 0 radical (unpaired) electrons. The lowest BCUT2D eigenvalue weighted by molar-refractivity contribution is 0.0936. The molecule has 2 rings (SSSR count). The molecule has 1 aliphatic rings. The van der Waals surface area contributed by atoms with Crippen LogP contribution in [0.15, 0.2) is 18.2 Å². The first-order valence-corrected chi connectivity index (χ1v) is 6.44. The Labute approximate surface area is 103 Å². The van der Waals surface area contributed by atoms with Crippen molar-refractivity contribution in [2.24, 2.45) is 5.92 Å². The fraction of sp³-hybridized carbons (Fsp3) is 0.533. The second-order valence-electron chi connectivity index (χ2n) is 5.41. The van der Waals surface area contributed by atoms with Crippen LogP contribution in [-0.4, -0.2) is 11.9 Å². The molecular weight excluding hydrogens is 210 g/mol. The first kappa shape index (κ1) is 12.2. The highest BCUT2D eigenvalue weighted by atomic mass is 16.1. The van der Waals surface area contributed by atoms with Crippen LogP contribution in [0.2, 0.25) is 0 Å². The van der Waals surface area contributed by atoms with Crippen molar-refractivity contribution < 1.29 is 4.79 Å². The van der Waals surface area contributed by atoms with Gasteiger partial charge >= 0.3 is 0 Å². The normalized spacial score (nSPS) is 23.7. The van der Waals surface area contributed by atoms with Crippen LogP contribution < -0.4 is 5.32 Å². The minimum Gasteiger partial charge on any atom is -0.349 e. The molecule has 1 N–H and O–H groups in total. The maximum absolute atomic E-state index is 12.2. The van der Waals surface area contributed by atoms with E-state index in [1.165, 1.54) is 6.42 Å². The standard InChI is InChI=1S/C15H21NO/c1-10-5-7-13(8-10)16-15(17)14-9-11(2)4-6-12(14)3/h4,6,9-10,13H,5,7-8H2,1-3H3,(H,16,17). The highest BCUT2D eigenvalue weighted by Crippen LogP contribution is 2.25. The molecule has 17 heavy (non-hydrogen) atoms. The lowest BCUT2D eigenvalue weighted by atomic mass is 10.0. The van der Waals surface area contributed by atoms with Crippen LogP contribution in [0.3, 0.4) is 0 Å². The largest absolute Gasteiger partial charge is 0.349 e. The van der Waals surface area contributed by atoms with E-state index in [1.807, 2.05) is 32.0 Å². The summed E-state index contributed by atoms with van der Waals surface area (Å²) >= 11 is 0. The second kappa shape index (κ2) is 4.91. The zero-order valence-electron chi connectivity index (χ0n) is 10.9. The molecule has 0 bridgehead atoms. The molecule has 2 nitrogen and oxygen atoms in total. The van der Waals surface area contributed by atoms with E-state index in [4.69, 9.17) is 0 Å². The number of carbonyl (C=O) groups excluding carboxylic acids is 1. The highest BCUT2D eigenvalue weighted by molar-refractivity contribution is 5.96. The molecule has 1 aromatic rings. The SMILES string of the molecule is Cc1ccc(C)c(C(=O)NC2CCC(C)C2)c1. The molecule has 2 unspecified atom stereocenters. The maximum Gasteiger partial charge on any atom is 0.251 e. The number of benzene rings is 1. The van der Waals surface area contributed by atoms with Gasteiger partial charge in [0.1, 0.15) is 0 Å². The predicted octanol–water partition coefficient (Wildman–Crippen LogP) is 3.22. The fourth-order valence-electron chi connectivity index (χ4n) is 2.58. The van der Waals surface area contributed by atoms with Crippen LogP contribution in [0.5, 0.6) is 0 Å². The van der Waals surface area contributed by atoms with Crippen molar-refractivity contribution in [2.45, 2.75) is 46.1 Å². The third-order valence-corrected chi connectivity index (χ3v) is 3.67. The van der Waals surface area contributed by atoms with Crippen LogP contribution in [0.1, 0.15) is 47.7 Å². The minimum atomic E-state index is 0.0882. The summed E-state index contributed by atoms with van der Waals surface area (Å²) in [6.45, 7) is 6.27. The third-order valence-electron chi connectivity index (χ3n) is 3.67. The number of aryl methyl sites for hydroxylation is 2. The number of rotatable bonds is 2. The van der Waals surface area contributed by atoms with E-state index in [-0.39, 0.29) is 5.91 Å². The summed E-state index contributed by atoms with van der Waals surface area (Å²) in [5.41, 5.74) is 3.02. The van der Waals surface area contributed by atoms with Crippen molar-refractivity contribution in [3.63, 3.8) is 0 Å². The van der Waals surface area contributed by atoms with Gasteiger partial charge in [0.25, 0.3) is 5.91 Å². The van der Waals surface area contributed by atoms with Gasteiger partial charge in [-0.2, -0.15) is 0 Å². The zero-order chi connectivity index (χ0) is 12.4. The first-order chi connectivity index (χ1) is 8.06. The Kier molecular flexibility index (Phi) is 3.51. The zero-order valence-corrected chi connectivity index (χ0v) is 10.9. The molecule has 2 heteroatoms. The van der Waals surface area contributed by atoms with E-state index in [0.29, 0.717) is 6.04 Å². The summed E-state index contributed by atoms with van der Waals surface area (Å²) in [6, 6.07) is 6.41. The Morgan fingerprint density at radius 1 is 1.29 bits per heavy atom. The molecule has 0 aromatic heterocycles. The monoisotopic (exact) mass is 231 g/mol. The summed E-state index contributed by atoms with van der Waals surface area (Å²) in [6.07, 6.45) is 3.48. The lowest BCUT2D eigenvalue weighted by Crippen LogP contribution is -2.33. The van der Waals surface area contributed by atoms with Crippen molar-refractivity contribution in [3.8, 4) is 0 Å². The van der Waals surface area contributed by atoms with Crippen molar-refractivity contribution in [3.05, 3.63) is 34.9 Å². The molecule has 0 spiro atoms. The summed E-state index contributed by atoms with van der Waals surface area (Å²) in [7, 11) is 0. The van der Waals surface area contributed by atoms with Crippen LogP contribution in [0.4, 0.5) is 0 Å². The van der Waals surface area contributed by atoms with Crippen molar-refractivity contribution in [1.82, 2.24) is 5.32 Å². The summed E-state index contributed by atoms with van der Waals surface area (Å²) in [4.78, 5) is 12.2. The summed E-state index contributed by atoms with van der Waals surface area (Å²) in [5.74, 6) is 0.837. The predicted molar refractivity (Wildman–Crippen MR) is 70.2 cm³/mol. The van der Waals surface area contributed by atoms with E-state index in [2.05, 4.69) is 12.2 Å². The van der Waals surface area contributed by atoms with Gasteiger partial charge < -0.3 is 5.32 Å². The fourth-order valence-corrected chi connectivity index (χ4v) is 2.58. The number of carbonyl (C=O) groups is 1. The molecule has 0 aliphatic heterocycles. The molecule has 1 aromatic carbocycles. The van der Waals surface area contributed by atoms with Gasteiger partial charge in [-0.1, -0.05) is 24.6 Å². The van der Waals surface area contributed by atoms with Gasteiger partial charge in [-0.25, -0.2) is 0 Å². The van der Waals surface area contributed by atoms with Crippen LogP contribution >= 0.6 is 0 Å². The second-order valence-corrected chi connectivity index (χ2v) is 5.41. The van der Waals surface area contributed by atoms with Crippen molar-refractivity contribution in [1.29, 1.82) is 0 Å². The quantitative estimate of drug-likeness (QED) is 0.832. The molecular formula is C15H21NO. The molecule has 1 aliphatic carbocycles. The van der Waals surface area contributed by atoms with Crippen LogP contribution in [-0.2, 0) is 0 Å². The highest BCUT2D eigenvalue weighted by Gasteiger charge is 2.23. The third kappa shape index (κ3) is 2.87. The molecule has 0 saturated heterocycles. The van der Waals surface area contributed by atoms with Crippen molar-refractivity contribution >= 4 is 5.91 Å². The topological polar surface area (TPSA) is 29.1 Å². The Morgan fingerprint density at radius 2 is 2.06 bits per heavy atom. The molecule has 0 heterocycles. The van der Waals surface area contributed by atoms with Crippen LogP contribution in [0, 0.1) is 19.8 Å². The van der Waals surface area contributed by atoms with Crippen molar-refractivity contribution in [2.75, 3.05) is 0 Å². The van der Waals surface area contributed by atoms with E-state index in [9.17, 15) is 4.79 Å². The van der Waals surface area contributed by atoms with Gasteiger partial charge in [-0.3, -0.25) is 4.79 Å². The minimum absolute atomic E-state index is 0.0882. The summed E-state index contributed by atoms with van der Waals surface area (Å²) in [5, 5.41) is 3.15. The van der Waals surface area contributed by atoms with Gasteiger partial charge in [-0.05, 0) is 50.7 Å².